The largest absolute Gasteiger partial charge is 0.392 e. The maximum atomic E-state index is 11.1. The minimum Gasteiger partial charge on any atom is -0.392 e. The quantitative estimate of drug-likeness (QED) is 0.676. The van der Waals surface area contributed by atoms with Crippen LogP contribution in [-0.2, 0) is 4.79 Å². The van der Waals surface area contributed by atoms with Gasteiger partial charge in [0.2, 0.25) is 5.91 Å². The van der Waals surface area contributed by atoms with Crippen molar-refractivity contribution in [1.29, 1.82) is 0 Å². The summed E-state index contributed by atoms with van der Waals surface area (Å²) in [7, 11) is 0. The molecule has 4 N–H and O–H groups in total. The Balaban J connectivity index is 2.75. The minimum absolute atomic E-state index is 0.00519. The average Bonchev–Trinajstić information content (AvgIpc) is 2.68. The van der Waals surface area contributed by atoms with Gasteiger partial charge in [0, 0.05) is 6.04 Å². The molecule has 1 unspecified atom stereocenters. The van der Waals surface area contributed by atoms with Crippen molar-refractivity contribution in [1.82, 2.24) is 4.90 Å². The molecule has 0 bridgehead atoms. The number of hydrogen-bond acceptors (Lipinski definition) is 3. The number of rotatable bonds is 6. The first-order valence-corrected chi connectivity index (χ1v) is 6.30. The highest BCUT2D eigenvalue weighted by molar-refractivity contribution is 7.80. The summed E-state index contributed by atoms with van der Waals surface area (Å²) in [5.74, 6) is -0.304. The third-order valence-electron chi connectivity index (χ3n) is 3.25. The number of carbonyl (C=O) groups is 1. The fourth-order valence-electron chi connectivity index (χ4n) is 2.51. The van der Waals surface area contributed by atoms with E-state index in [1.54, 1.807) is 0 Å². The smallest absolute Gasteiger partial charge is 0.231 e. The predicted octanol–water partition coefficient (Wildman–Crippen LogP) is 0.781. The highest BCUT2D eigenvalue weighted by Crippen LogP contribution is 2.25. The van der Waals surface area contributed by atoms with Crippen molar-refractivity contribution < 1.29 is 4.79 Å². The summed E-state index contributed by atoms with van der Waals surface area (Å²) in [5, 5.41) is 0. The molecule has 0 radical (unpaired) electrons. The molecule has 0 aromatic rings. The second-order valence-corrected chi connectivity index (χ2v) is 4.87. The second kappa shape index (κ2) is 6.15. The van der Waals surface area contributed by atoms with Gasteiger partial charge < -0.3 is 11.5 Å². The van der Waals surface area contributed by atoms with E-state index in [2.05, 4.69) is 4.90 Å². The zero-order valence-electron chi connectivity index (χ0n) is 9.82. The topological polar surface area (TPSA) is 72.3 Å². The summed E-state index contributed by atoms with van der Waals surface area (Å²) in [6.45, 7) is 2.30. The molecule has 1 fully saturated rings. The third-order valence-corrected chi connectivity index (χ3v) is 3.52. The van der Waals surface area contributed by atoms with Crippen LogP contribution in [0.15, 0.2) is 0 Å². The van der Waals surface area contributed by atoms with E-state index in [0.29, 0.717) is 11.0 Å². The van der Waals surface area contributed by atoms with Gasteiger partial charge in [-0.1, -0.05) is 32.0 Å². The molecule has 0 aromatic heterocycles. The van der Waals surface area contributed by atoms with E-state index in [4.69, 9.17) is 23.7 Å². The normalized spacial score (nSPS) is 18.9. The molecule has 0 saturated heterocycles. The van der Waals surface area contributed by atoms with Gasteiger partial charge in [0.15, 0.2) is 0 Å². The number of nitrogens with two attached hydrogens (primary N) is 2. The van der Waals surface area contributed by atoms with E-state index in [0.717, 1.165) is 19.3 Å². The van der Waals surface area contributed by atoms with E-state index < -0.39 is 0 Å². The molecule has 0 aliphatic heterocycles. The second-order valence-electron chi connectivity index (χ2n) is 4.40. The summed E-state index contributed by atoms with van der Waals surface area (Å²) in [6.07, 6.45) is 5.50. The van der Waals surface area contributed by atoms with E-state index in [-0.39, 0.29) is 18.5 Å². The van der Waals surface area contributed by atoms with E-state index in [1.807, 2.05) is 6.92 Å². The predicted molar refractivity (Wildman–Crippen MR) is 69.0 cm³/mol. The van der Waals surface area contributed by atoms with E-state index in [9.17, 15) is 4.79 Å². The summed E-state index contributed by atoms with van der Waals surface area (Å²) in [5.41, 5.74) is 11.0. The van der Waals surface area contributed by atoms with Crippen molar-refractivity contribution in [3.05, 3.63) is 0 Å². The molecule has 5 heteroatoms. The van der Waals surface area contributed by atoms with Crippen LogP contribution in [0.1, 0.15) is 39.0 Å². The van der Waals surface area contributed by atoms with Gasteiger partial charge in [0.25, 0.3) is 0 Å². The van der Waals surface area contributed by atoms with Gasteiger partial charge in [-0.3, -0.25) is 9.69 Å². The molecule has 0 heterocycles. The first-order chi connectivity index (χ1) is 7.56. The highest BCUT2D eigenvalue weighted by atomic mass is 32.1. The lowest BCUT2D eigenvalue weighted by Gasteiger charge is -2.34. The van der Waals surface area contributed by atoms with Crippen LogP contribution in [0.2, 0.25) is 0 Å². The van der Waals surface area contributed by atoms with Crippen LogP contribution >= 0.6 is 12.2 Å². The molecule has 16 heavy (non-hydrogen) atoms. The zero-order chi connectivity index (χ0) is 12.1. The van der Waals surface area contributed by atoms with Crippen molar-refractivity contribution in [2.45, 2.75) is 51.1 Å². The Morgan fingerprint density at radius 2 is 2.00 bits per heavy atom. The van der Waals surface area contributed by atoms with Gasteiger partial charge in [0.05, 0.1) is 17.6 Å². The number of primary amides is 1. The maximum absolute atomic E-state index is 11.1. The molecular formula is C11H21N3OS. The monoisotopic (exact) mass is 243 g/mol. The van der Waals surface area contributed by atoms with Gasteiger partial charge in [0.1, 0.15) is 0 Å². The number of hydrogen-bond donors (Lipinski definition) is 2. The summed E-state index contributed by atoms with van der Waals surface area (Å²) < 4.78 is 0. The molecule has 1 rings (SSSR count). The van der Waals surface area contributed by atoms with Crippen LogP contribution in [-0.4, -0.2) is 34.4 Å². The van der Waals surface area contributed by atoms with Gasteiger partial charge in [-0.05, 0) is 19.3 Å². The highest BCUT2D eigenvalue weighted by Gasteiger charge is 2.30. The number of amides is 1. The molecule has 0 aromatic carbocycles. The molecule has 0 spiro atoms. The Bertz CT molecular complexity index is 264. The minimum atomic E-state index is -0.304. The Hall–Kier alpha value is -0.680. The van der Waals surface area contributed by atoms with Crippen molar-refractivity contribution in [2.75, 3.05) is 6.54 Å². The Morgan fingerprint density at radius 1 is 1.44 bits per heavy atom. The Labute approximate surface area is 102 Å². The Morgan fingerprint density at radius 3 is 2.38 bits per heavy atom. The van der Waals surface area contributed by atoms with Crippen molar-refractivity contribution in [2.24, 2.45) is 11.5 Å². The first kappa shape index (κ1) is 13.4. The Kier molecular flexibility index (Phi) is 5.15. The molecule has 1 aliphatic rings. The molecule has 4 nitrogen and oxygen atoms in total. The zero-order valence-corrected chi connectivity index (χ0v) is 10.6. The lowest BCUT2D eigenvalue weighted by molar-refractivity contribution is -0.120. The SMILES string of the molecule is CCC(C(N)=S)N(CC(N)=O)C1CCCC1. The maximum Gasteiger partial charge on any atom is 0.231 e. The molecule has 1 atom stereocenters. The van der Waals surface area contributed by atoms with Gasteiger partial charge in [-0.25, -0.2) is 0 Å². The van der Waals surface area contributed by atoms with Gasteiger partial charge in [-0.15, -0.1) is 0 Å². The van der Waals surface area contributed by atoms with Crippen LogP contribution in [0.4, 0.5) is 0 Å². The average molecular weight is 243 g/mol. The van der Waals surface area contributed by atoms with Crippen LogP contribution in [0.5, 0.6) is 0 Å². The molecule has 1 aliphatic carbocycles. The number of thiocarbonyl (C=S) groups is 1. The van der Waals surface area contributed by atoms with Crippen molar-refractivity contribution >= 4 is 23.1 Å². The van der Waals surface area contributed by atoms with Crippen LogP contribution in [0, 0.1) is 0 Å². The van der Waals surface area contributed by atoms with Crippen molar-refractivity contribution in [3.63, 3.8) is 0 Å². The molecule has 92 valence electrons. The lowest BCUT2D eigenvalue weighted by Crippen LogP contribution is -2.51. The third kappa shape index (κ3) is 3.42. The van der Waals surface area contributed by atoms with Crippen molar-refractivity contribution in [3.8, 4) is 0 Å². The lowest BCUT2D eigenvalue weighted by atomic mass is 10.1. The fourth-order valence-corrected chi connectivity index (χ4v) is 2.81. The van der Waals surface area contributed by atoms with Crippen LogP contribution in [0.25, 0.3) is 0 Å². The number of carbonyl (C=O) groups excluding carboxylic acids is 1. The molecule has 1 saturated carbocycles. The van der Waals surface area contributed by atoms with Crippen LogP contribution < -0.4 is 11.5 Å². The first-order valence-electron chi connectivity index (χ1n) is 5.89. The summed E-state index contributed by atoms with van der Waals surface area (Å²) >= 11 is 5.06. The van der Waals surface area contributed by atoms with E-state index >= 15 is 0 Å². The summed E-state index contributed by atoms with van der Waals surface area (Å²) in [6, 6.07) is 0.421. The standard InChI is InChI=1S/C11H21N3OS/c1-2-9(11(13)16)14(7-10(12)15)8-5-3-4-6-8/h8-9H,2-7H2,1H3,(H2,12,15)(H2,13,16). The fraction of sp³-hybridized carbons (Fsp3) is 0.818. The van der Waals surface area contributed by atoms with E-state index in [1.165, 1.54) is 12.8 Å². The van der Waals surface area contributed by atoms with Crippen LogP contribution in [0.3, 0.4) is 0 Å². The summed E-state index contributed by atoms with van der Waals surface area (Å²) in [4.78, 5) is 13.7. The van der Waals surface area contributed by atoms with Gasteiger partial charge in [-0.2, -0.15) is 0 Å². The molecule has 1 amide bonds. The number of nitrogens with zero attached hydrogens (tertiary/aromatic N) is 1. The van der Waals surface area contributed by atoms with Gasteiger partial charge >= 0.3 is 0 Å². The molecular weight excluding hydrogens is 222 g/mol.